The molecule has 0 bridgehead atoms. The van der Waals surface area contributed by atoms with Gasteiger partial charge in [0.1, 0.15) is 12.2 Å². The van der Waals surface area contributed by atoms with Crippen LogP contribution in [0.4, 0.5) is 0 Å². The third kappa shape index (κ3) is 1.32. The molecule has 3 heteroatoms. The summed E-state index contributed by atoms with van der Waals surface area (Å²) in [5, 5.41) is 0. The Balaban J connectivity index is 2.22. The van der Waals surface area contributed by atoms with E-state index >= 15 is 0 Å². The Bertz CT molecular complexity index is 257. The largest absolute Gasteiger partial charge is 0.343 e. The van der Waals surface area contributed by atoms with Gasteiger partial charge in [-0.05, 0) is 13.8 Å². The number of ether oxygens (including phenoxy) is 2. The van der Waals surface area contributed by atoms with Crippen LogP contribution in [0.25, 0.3) is 0 Å². The molecular formula is C10H14O3. The Morgan fingerprint density at radius 1 is 1.54 bits per heavy atom. The van der Waals surface area contributed by atoms with Crippen molar-refractivity contribution in [3.63, 3.8) is 0 Å². The third-order valence-corrected chi connectivity index (χ3v) is 2.61. The smallest absolute Gasteiger partial charge is 0.165 e. The first-order valence-electron chi connectivity index (χ1n) is 4.54. The first kappa shape index (κ1) is 8.91. The minimum atomic E-state index is -0.618. The van der Waals surface area contributed by atoms with Gasteiger partial charge in [-0.25, -0.2) is 0 Å². The second-order valence-electron chi connectivity index (χ2n) is 4.09. The normalized spacial score (nSPS) is 42.0. The number of carbonyl (C=O) groups excluding carboxylic acids is 1. The zero-order valence-corrected chi connectivity index (χ0v) is 7.95. The number of hydrogen-bond donors (Lipinski definition) is 0. The lowest BCUT2D eigenvalue weighted by molar-refractivity contribution is -0.161. The Morgan fingerprint density at radius 3 is 2.85 bits per heavy atom. The standard InChI is InChI=1S/C10H14O3/c1-4-6-5-7(11)9-8(6)12-10(2,3)13-9/h4,6,8-9H,1,5H2,2-3H3. The molecule has 1 aliphatic carbocycles. The number of fused-ring (bicyclic) bond motifs is 1. The zero-order valence-electron chi connectivity index (χ0n) is 7.95. The van der Waals surface area contributed by atoms with Crippen LogP contribution >= 0.6 is 0 Å². The lowest BCUT2D eigenvalue weighted by Crippen LogP contribution is -2.25. The summed E-state index contributed by atoms with van der Waals surface area (Å²) in [5.41, 5.74) is 0. The van der Waals surface area contributed by atoms with Crippen LogP contribution < -0.4 is 0 Å². The molecule has 2 aliphatic rings. The summed E-state index contributed by atoms with van der Waals surface area (Å²) in [4.78, 5) is 11.5. The van der Waals surface area contributed by atoms with Crippen LogP contribution in [0, 0.1) is 5.92 Å². The van der Waals surface area contributed by atoms with Crippen molar-refractivity contribution < 1.29 is 14.3 Å². The average molecular weight is 182 g/mol. The van der Waals surface area contributed by atoms with Gasteiger partial charge in [-0.1, -0.05) is 6.08 Å². The molecule has 0 N–H and O–H groups in total. The molecule has 1 saturated heterocycles. The summed E-state index contributed by atoms with van der Waals surface area (Å²) < 4.78 is 11.1. The predicted octanol–water partition coefficient (Wildman–Crippen LogP) is 1.28. The number of rotatable bonds is 1. The molecule has 0 aromatic carbocycles. The van der Waals surface area contributed by atoms with Crippen molar-refractivity contribution in [2.75, 3.05) is 0 Å². The van der Waals surface area contributed by atoms with Gasteiger partial charge in [0.05, 0.1) is 0 Å². The Morgan fingerprint density at radius 2 is 2.23 bits per heavy atom. The molecule has 0 aromatic rings. The van der Waals surface area contributed by atoms with E-state index in [-0.39, 0.29) is 23.9 Å². The molecule has 1 heterocycles. The second kappa shape index (κ2) is 2.66. The van der Waals surface area contributed by atoms with E-state index in [1.165, 1.54) is 0 Å². The maximum Gasteiger partial charge on any atom is 0.165 e. The molecule has 1 saturated carbocycles. The van der Waals surface area contributed by atoms with Crippen molar-refractivity contribution in [3.05, 3.63) is 12.7 Å². The maximum absolute atomic E-state index is 11.5. The SMILES string of the molecule is C=CC1CC(=O)C2OC(C)(C)OC12. The number of ketones is 1. The quantitative estimate of drug-likeness (QED) is 0.573. The molecule has 2 fully saturated rings. The highest BCUT2D eigenvalue weighted by molar-refractivity contribution is 5.87. The topological polar surface area (TPSA) is 35.5 Å². The summed E-state index contributed by atoms with van der Waals surface area (Å²) in [7, 11) is 0. The van der Waals surface area contributed by atoms with Crippen molar-refractivity contribution in [3.8, 4) is 0 Å². The van der Waals surface area contributed by atoms with E-state index in [9.17, 15) is 4.79 Å². The van der Waals surface area contributed by atoms with Crippen LogP contribution in [0.15, 0.2) is 12.7 Å². The molecule has 13 heavy (non-hydrogen) atoms. The van der Waals surface area contributed by atoms with Gasteiger partial charge in [0.15, 0.2) is 11.6 Å². The van der Waals surface area contributed by atoms with Gasteiger partial charge in [-0.15, -0.1) is 6.58 Å². The molecule has 3 nitrogen and oxygen atoms in total. The number of Topliss-reactive ketones (excluding diaryl/α,β-unsaturated/α-hetero) is 1. The molecular weight excluding hydrogens is 168 g/mol. The first-order valence-corrected chi connectivity index (χ1v) is 4.54. The van der Waals surface area contributed by atoms with Crippen molar-refractivity contribution in [1.29, 1.82) is 0 Å². The Labute approximate surface area is 77.7 Å². The lowest BCUT2D eigenvalue weighted by Gasteiger charge is -2.19. The van der Waals surface area contributed by atoms with E-state index in [0.717, 1.165) is 0 Å². The van der Waals surface area contributed by atoms with Gasteiger partial charge in [0, 0.05) is 12.3 Å². The lowest BCUT2D eigenvalue weighted by atomic mass is 10.1. The van der Waals surface area contributed by atoms with E-state index in [1.807, 2.05) is 13.8 Å². The Hall–Kier alpha value is -0.670. The van der Waals surface area contributed by atoms with Gasteiger partial charge >= 0.3 is 0 Å². The van der Waals surface area contributed by atoms with Gasteiger partial charge < -0.3 is 9.47 Å². The average Bonchev–Trinajstić information content (AvgIpc) is 2.47. The molecule has 0 amide bonds. The maximum atomic E-state index is 11.5. The van der Waals surface area contributed by atoms with Crippen LogP contribution in [-0.4, -0.2) is 23.8 Å². The molecule has 0 radical (unpaired) electrons. The minimum absolute atomic E-state index is 0.111. The highest BCUT2D eigenvalue weighted by atomic mass is 16.8. The van der Waals surface area contributed by atoms with E-state index in [2.05, 4.69) is 6.58 Å². The van der Waals surface area contributed by atoms with Crippen LogP contribution in [-0.2, 0) is 14.3 Å². The summed E-state index contributed by atoms with van der Waals surface area (Å²) >= 11 is 0. The zero-order chi connectivity index (χ0) is 9.64. The van der Waals surface area contributed by atoms with Crippen molar-refractivity contribution in [1.82, 2.24) is 0 Å². The van der Waals surface area contributed by atoms with E-state index in [4.69, 9.17) is 9.47 Å². The van der Waals surface area contributed by atoms with Crippen molar-refractivity contribution in [2.24, 2.45) is 5.92 Å². The fourth-order valence-corrected chi connectivity index (χ4v) is 2.03. The van der Waals surface area contributed by atoms with Crippen molar-refractivity contribution in [2.45, 2.75) is 38.3 Å². The molecule has 3 unspecified atom stereocenters. The fourth-order valence-electron chi connectivity index (χ4n) is 2.03. The number of hydrogen-bond acceptors (Lipinski definition) is 3. The first-order chi connectivity index (χ1) is 6.03. The molecule has 3 atom stereocenters. The van der Waals surface area contributed by atoms with Crippen LogP contribution in [0.2, 0.25) is 0 Å². The minimum Gasteiger partial charge on any atom is -0.343 e. The van der Waals surface area contributed by atoms with E-state index in [0.29, 0.717) is 6.42 Å². The van der Waals surface area contributed by atoms with Crippen LogP contribution in [0.3, 0.4) is 0 Å². The van der Waals surface area contributed by atoms with Crippen LogP contribution in [0.1, 0.15) is 20.3 Å². The van der Waals surface area contributed by atoms with Crippen molar-refractivity contribution >= 4 is 5.78 Å². The molecule has 0 spiro atoms. The summed E-state index contributed by atoms with van der Waals surface area (Å²) in [6.45, 7) is 7.36. The van der Waals surface area contributed by atoms with Gasteiger partial charge in [0.25, 0.3) is 0 Å². The fraction of sp³-hybridized carbons (Fsp3) is 0.700. The van der Waals surface area contributed by atoms with Gasteiger partial charge in [0.2, 0.25) is 0 Å². The monoisotopic (exact) mass is 182 g/mol. The summed E-state index contributed by atoms with van der Waals surface area (Å²) in [6.07, 6.45) is 1.82. The summed E-state index contributed by atoms with van der Waals surface area (Å²) in [5.74, 6) is -0.355. The summed E-state index contributed by atoms with van der Waals surface area (Å²) in [6, 6.07) is 0. The predicted molar refractivity (Wildman–Crippen MR) is 47.1 cm³/mol. The molecule has 1 aliphatic heterocycles. The van der Waals surface area contributed by atoms with E-state index in [1.54, 1.807) is 6.08 Å². The Kier molecular flexibility index (Phi) is 1.82. The van der Waals surface area contributed by atoms with E-state index < -0.39 is 5.79 Å². The second-order valence-corrected chi connectivity index (χ2v) is 4.09. The molecule has 0 aromatic heterocycles. The highest BCUT2D eigenvalue weighted by Crippen LogP contribution is 2.39. The van der Waals surface area contributed by atoms with Crippen LogP contribution in [0.5, 0.6) is 0 Å². The molecule has 72 valence electrons. The number of carbonyl (C=O) groups is 1. The highest BCUT2D eigenvalue weighted by Gasteiger charge is 2.52. The third-order valence-electron chi connectivity index (χ3n) is 2.61. The molecule has 2 rings (SSSR count). The van der Waals surface area contributed by atoms with Gasteiger partial charge in [-0.3, -0.25) is 4.79 Å². The van der Waals surface area contributed by atoms with Gasteiger partial charge in [-0.2, -0.15) is 0 Å².